The molecule has 0 aliphatic carbocycles. The van der Waals surface area contributed by atoms with Crippen LogP contribution in [0.25, 0.3) is 0 Å². The van der Waals surface area contributed by atoms with Crippen LogP contribution < -0.4 is 0 Å². The minimum Gasteiger partial charge on any atom is -0.249 e. The molecule has 5 heteroatoms. The third kappa shape index (κ3) is 2.26. The first-order chi connectivity index (χ1) is 6.07. The van der Waals surface area contributed by atoms with Crippen LogP contribution in [0.1, 0.15) is 23.1 Å². The van der Waals surface area contributed by atoms with Crippen molar-refractivity contribution in [3.05, 3.63) is 27.5 Å². The van der Waals surface area contributed by atoms with Crippen LogP contribution in [0.3, 0.4) is 0 Å². The molecule has 0 bridgehead atoms. The molecule has 0 unspecified atom stereocenters. The van der Waals surface area contributed by atoms with E-state index in [0.29, 0.717) is 10.9 Å². The van der Waals surface area contributed by atoms with E-state index >= 15 is 0 Å². The van der Waals surface area contributed by atoms with E-state index in [4.69, 9.17) is 0 Å². The van der Waals surface area contributed by atoms with Gasteiger partial charge in [-0.2, -0.15) is 0 Å². The predicted molar refractivity (Wildman–Crippen MR) is 54.3 cm³/mol. The van der Waals surface area contributed by atoms with Gasteiger partial charge in [-0.25, -0.2) is 13.8 Å². The van der Waals surface area contributed by atoms with Crippen LogP contribution in [-0.2, 0) is 5.33 Å². The van der Waals surface area contributed by atoms with Crippen LogP contribution in [0.2, 0.25) is 0 Å². The molecule has 0 atom stereocenters. The van der Waals surface area contributed by atoms with E-state index < -0.39 is 6.43 Å². The quantitative estimate of drug-likeness (QED) is 0.594. The predicted octanol–water partition coefficient (Wildman–Crippen LogP) is 3.99. The first kappa shape index (κ1) is 11.0. The van der Waals surface area contributed by atoms with Crippen molar-refractivity contribution >= 4 is 31.9 Å². The number of alkyl halides is 3. The fraction of sp³-hybridized carbons (Fsp3) is 0.375. The average molecular weight is 315 g/mol. The Balaban J connectivity index is 3.35. The number of nitrogens with zero attached hydrogens (tertiary/aromatic N) is 1. The number of rotatable bonds is 2. The summed E-state index contributed by atoms with van der Waals surface area (Å²) in [6.07, 6.45) is -0.915. The summed E-state index contributed by atoms with van der Waals surface area (Å²) in [5.74, 6) is 0. The van der Waals surface area contributed by atoms with E-state index in [1.54, 1.807) is 13.1 Å². The van der Waals surface area contributed by atoms with Gasteiger partial charge in [-0.1, -0.05) is 15.9 Å². The lowest BCUT2D eigenvalue weighted by Gasteiger charge is -2.10. The molecule has 1 rings (SSSR count). The Hall–Kier alpha value is -0.0300. The highest BCUT2D eigenvalue weighted by atomic mass is 79.9. The normalized spacial score (nSPS) is 10.9. The lowest BCUT2D eigenvalue weighted by Crippen LogP contribution is -1.99. The molecule has 1 aromatic heterocycles. The number of pyridine rings is 1. The zero-order chi connectivity index (χ0) is 10.0. The standard InChI is InChI=1S/C8H7Br2F2N/c1-4-3-13-7(10)6(8(11)12)5(4)2-9/h3,8H,2H2,1H3. The molecule has 72 valence electrons. The monoisotopic (exact) mass is 313 g/mol. The average Bonchev–Trinajstić information content (AvgIpc) is 2.07. The highest BCUT2D eigenvalue weighted by molar-refractivity contribution is 9.10. The summed E-state index contributed by atoms with van der Waals surface area (Å²) in [5, 5.41) is 0.416. The topological polar surface area (TPSA) is 12.9 Å². The highest BCUT2D eigenvalue weighted by Gasteiger charge is 2.18. The molecule has 0 aliphatic heterocycles. The van der Waals surface area contributed by atoms with Gasteiger partial charge in [-0.05, 0) is 34.0 Å². The van der Waals surface area contributed by atoms with Crippen molar-refractivity contribution in [1.82, 2.24) is 4.98 Å². The van der Waals surface area contributed by atoms with Crippen molar-refractivity contribution < 1.29 is 8.78 Å². The third-order valence-corrected chi connectivity index (χ3v) is 2.94. The van der Waals surface area contributed by atoms with E-state index in [2.05, 4.69) is 36.8 Å². The van der Waals surface area contributed by atoms with Crippen LogP contribution in [0.4, 0.5) is 8.78 Å². The second-order valence-electron chi connectivity index (χ2n) is 2.56. The van der Waals surface area contributed by atoms with Gasteiger partial charge in [0.25, 0.3) is 6.43 Å². The Morgan fingerprint density at radius 2 is 2.15 bits per heavy atom. The van der Waals surface area contributed by atoms with E-state index in [1.807, 2.05) is 0 Å². The summed E-state index contributed by atoms with van der Waals surface area (Å²) in [4.78, 5) is 3.82. The number of halogens is 4. The Morgan fingerprint density at radius 3 is 2.54 bits per heavy atom. The van der Waals surface area contributed by atoms with Crippen molar-refractivity contribution in [2.75, 3.05) is 0 Å². The SMILES string of the molecule is Cc1cnc(Br)c(C(F)F)c1CBr. The molecule has 0 saturated carbocycles. The van der Waals surface area contributed by atoms with Gasteiger partial charge in [0, 0.05) is 11.5 Å². The van der Waals surface area contributed by atoms with Crippen molar-refractivity contribution in [2.24, 2.45) is 0 Å². The van der Waals surface area contributed by atoms with Gasteiger partial charge in [0.1, 0.15) is 4.60 Å². The summed E-state index contributed by atoms with van der Waals surface area (Å²) >= 11 is 6.19. The summed E-state index contributed by atoms with van der Waals surface area (Å²) in [5.41, 5.74) is 1.36. The Bertz CT molecular complexity index is 315. The highest BCUT2D eigenvalue weighted by Crippen LogP contribution is 2.31. The molecule has 1 heterocycles. The number of aryl methyl sites for hydroxylation is 1. The van der Waals surface area contributed by atoms with E-state index in [1.165, 1.54) is 0 Å². The smallest absolute Gasteiger partial charge is 0.249 e. The van der Waals surface area contributed by atoms with Gasteiger partial charge in [-0.3, -0.25) is 0 Å². The zero-order valence-electron chi connectivity index (χ0n) is 6.82. The second-order valence-corrected chi connectivity index (χ2v) is 3.87. The molecule has 1 aromatic rings. The zero-order valence-corrected chi connectivity index (χ0v) is 9.99. The van der Waals surface area contributed by atoms with Crippen LogP contribution in [-0.4, -0.2) is 4.98 Å². The number of hydrogen-bond acceptors (Lipinski definition) is 1. The fourth-order valence-electron chi connectivity index (χ4n) is 1.04. The van der Waals surface area contributed by atoms with Crippen LogP contribution >= 0.6 is 31.9 Å². The molecule has 1 nitrogen and oxygen atoms in total. The minimum absolute atomic E-state index is 0.0168. The molecule has 0 saturated heterocycles. The molecule has 0 aromatic carbocycles. The largest absolute Gasteiger partial charge is 0.266 e. The molecule has 0 N–H and O–H groups in total. The number of hydrogen-bond donors (Lipinski definition) is 0. The maximum atomic E-state index is 12.6. The van der Waals surface area contributed by atoms with Crippen LogP contribution in [0.5, 0.6) is 0 Å². The molecule has 0 amide bonds. The summed E-state index contributed by atoms with van der Waals surface area (Å²) in [6.45, 7) is 1.77. The van der Waals surface area contributed by atoms with E-state index in [0.717, 1.165) is 5.56 Å². The van der Waals surface area contributed by atoms with Gasteiger partial charge in [-0.15, -0.1) is 0 Å². The summed E-state index contributed by atoms with van der Waals surface area (Å²) in [7, 11) is 0. The number of aromatic nitrogens is 1. The molecule has 0 aliphatic rings. The van der Waals surface area contributed by atoms with Crippen LogP contribution in [0, 0.1) is 6.92 Å². The lowest BCUT2D eigenvalue weighted by atomic mass is 10.1. The lowest BCUT2D eigenvalue weighted by molar-refractivity contribution is 0.149. The van der Waals surface area contributed by atoms with Gasteiger partial charge >= 0.3 is 0 Å². The van der Waals surface area contributed by atoms with Crippen molar-refractivity contribution in [2.45, 2.75) is 18.7 Å². The molecule has 0 spiro atoms. The van der Waals surface area contributed by atoms with Crippen molar-refractivity contribution in [3.63, 3.8) is 0 Å². The van der Waals surface area contributed by atoms with Gasteiger partial charge < -0.3 is 0 Å². The Morgan fingerprint density at radius 1 is 1.54 bits per heavy atom. The van der Waals surface area contributed by atoms with Gasteiger partial charge in [0.15, 0.2) is 0 Å². The molecular formula is C8H7Br2F2N. The van der Waals surface area contributed by atoms with Gasteiger partial charge in [0.05, 0.1) is 5.56 Å². The first-order valence-corrected chi connectivity index (χ1v) is 5.47. The van der Waals surface area contributed by atoms with Gasteiger partial charge in [0.2, 0.25) is 0 Å². The van der Waals surface area contributed by atoms with Crippen LogP contribution in [0.15, 0.2) is 10.8 Å². The fourth-order valence-corrected chi connectivity index (χ4v) is 2.30. The summed E-state index contributed by atoms with van der Waals surface area (Å²) in [6, 6.07) is 0. The van der Waals surface area contributed by atoms with Crippen molar-refractivity contribution in [1.29, 1.82) is 0 Å². The molecule has 0 radical (unpaired) electrons. The molecule has 0 fully saturated rings. The van der Waals surface area contributed by atoms with E-state index in [9.17, 15) is 8.78 Å². The van der Waals surface area contributed by atoms with Crippen molar-refractivity contribution in [3.8, 4) is 0 Å². The molecule has 13 heavy (non-hydrogen) atoms. The maximum absolute atomic E-state index is 12.6. The third-order valence-electron chi connectivity index (χ3n) is 1.75. The second kappa shape index (κ2) is 4.46. The Kier molecular flexibility index (Phi) is 3.79. The first-order valence-electron chi connectivity index (χ1n) is 3.56. The Labute approximate surface area is 91.8 Å². The molecular weight excluding hydrogens is 308 g/mol. The summed E-state index contributed by atoms with van der Waals surface area (Å²) < 4.78 is 25.4. The minimum atomic E-state index is -2.49. The van der Waals surface area contributed by atoms with E-state index in [-0.39, 0.29) is 10.2 Å². The maximum Gasteiger partial charge on any atom is 0.266 e.